The fourth-order valence-corrected chi connectivity index (χ4v) is 2.67. The zero-order valence-electron chi connectivity index (χ0n) is 12.5. The Morgan fingerprint density at radius 3 is 2.37 bits per heavy atom. The molecule has 1 aromatic rings. The minimum atomic E-state index is 0.626. The molecule has 0 unspecified atom stereocenters. The average molecular weight is 260 g/mol. The fourth-order valence-electron chi connectivity index (χ4n) is 2.67. The summed E-state index contributed by atoms with van der Waals surface area (Å²) in [6, 6.07) is 9.02. The molecule has 1 aliphatic rings. The number of benzene rings is 1. The molecule has 0 atom stereocenters. The molecule has 0 radical (unpaired) electrons. The predicted molar refractivity (Wildman–Crippen MR) is 82.5 cm³/mol. The molecule has 1 fully saturated rings. The minimum Gasteiger partial charge on any atom is -0.311 e. The molecule has 1 aromatic carbocycles. The van der Waals surface area contributed by atoms with Gasteiger partial charge in [-0.15, -0.1) is 0 Å². The first-order valence-corrected chi connectivity index (χ1v) is 7.77. The Morgan fingerprint density at radius 1 is 1.05 bits per heavy atom. The molecule has 106 valence electrons. The molecule has 1 heterocycles. The molecule has 19 heavy (non-hydrogen) atoms. The molecular formula is C17H28N2. The Labute approximate surface area is 118 Å². The molecule has 0 spiro atoms. The monoisotopic (exact) mass is 260 g/mol. The van der Waals surface area contributed by atoms with Gasteiger partial charge in [-0.25, -0.2) is 0 Å². The van der Waals surface area contributed by atoms with E-state index in [1.54, 1.807) is 0 Å². The number of nitrogens with zero attached hydrogens (tertiary/aromatic N) is 1. The van der Waals surface area contributed by atoms with Crippen LogP contribution in [-0.4, -0.2) is 31.1 Å². The molecule has 0 amide bonds. The maximum atomic E-state index is 3.56. The number of hydrogen-bond donors (Lipinski definition) is 1. The SMILES string of the molecule is CC(C)c1ccc(CNCCN2CCCCC2)cc1. The lowest BCUT2D eigenvalue weighted by Crippen LogP contribution is -2.35. The lowest BCUT2D eigenvalue weighted by atomic mass is 10.0. The molecular weight excluding hydrogens is 232 g/mol. The number of hydrogen-bond acceptors (Lipinski definition) is 2. The summed E-state index contributed by atoms with van der Waals surface area (Å²) in [5.74, 6) is 0.626. The highest BCUT2D eigenvalue weighted by Crippen LogP contribution is 2.14. The first-order valence-electron chi connectivity index (χ1n) is 7.77. The molecule has 2 heteroatoms. The molecule has 1 saturated heterocycles. The van der Waals surface area contributed by atoms with E-state index in [1.807, 2.05) is 0 Å². The summed E-state index contributed by atoms with van der Waals surface area (Å²) in [5, 5.41) is 3.56. The highest BCUT2D eigenvalue weighted by molar-refractivity contribution is 5.24. The smallest absolute Gasteiger partial charge is 0.0206 e. The topological polar surface area (TPSA) is 15.3 Å². The van der Waals surface area contributed by atoms with Crippen LogP contribution in [0.4, 0.5) is 0 Å². The highest BCUT2D eigenvalue weighted by Gasteiger charge is 2.08. The first-order chi connectivity index (χ1) is 9.25. The van der Waals surface area contributed by atoms with Gasteiger partial charge in [-0.2, -0.15) is 0 Å². The third kappa shape index (κ3) is 4.96. The Hall–Kier alpha value is -0.860. The van der Waals surface area contributed by atoms with Gasteiger partial charge in [0, 0.05) is 19.6 Å². The van der Waals surface area contributed by atoms with Crippen LogP contribution >= 0.6 is 0 Å². The van der Waals surface area contributed by atoms with Crippen molar-refractivity contribution in [2.45, 2.75) is 45.6 Å². The van der Waals surface area contributed by atoms with Crippen LogP contribution in [0.2, 0.25) is 0 Å². The zero-order valence-corrected chi connectivity index (χ0v) is 12.5. The van der Waals surface area contributed by atoms with E-state index in [0.717, 1.165) is 13.1 Å². The van der Waals surface area contributed by atoms with Gasteiger partial charge in [-0.05, 0) is 43.0 Å². The van der Waals surface area contributed by atoms with E-state index < -0.39 is 0 Å². The number of piperidine rings is 1. The molecule has 2 nitrogen and oxygen atoms in total. The van der Waals surface area contributed by atoms with Gasteiger partial charge < -0.3 is 10.2 Å². The van der Waals surface area contributed by atoms with Gasteiger partial charge in [0.2, 0.25) is 0 Å². The van der Waals surface area contributed by atoms with Crippen molar-refractivity contribution < 1.29 is 0 Å². The lowest BCUT2D eigenvalue weighted by Gasteiger charge is -2.26. The Balaban J connectivity index is 1.64. The summed E-state index contributed by atoms with van der Waals surface area (Å²) in [5.41, 5.74) is 2.82. The maximum Gasteiger partial charge on any atom is 0.0206 e. The zero-order chi connectivity index (χ0) is 13.5. The van der Waals surface area contributed by atoms with Gasteiger partial charge in [0.25, 0.3) is 0 Å². The largest absolute Gasteiger partial charge is 0.311 e. The van der Waals surface area contributed by atoms with Gasteiger partial charge in [-0.1, -0.05) is 44.5 Å². The summed E-state index contributed by atoms with van der Waals surface area (Å²) in [6.45, 7) is 10.4. The van der Waals surface area contributed by atoms with Gasteiger partial charge in [0.15, 0.2) is 0 Å². The average Bonchev–Trinajstić information content (AvgIpc) is 2.45. The van der Waals surface area contributed by atoms with E-state index in [2.05, 4.69) is 48.3 Å². The second kappa shape index (κ2) is 7.66. The van der Waals surface area contributed by atoms with Crippen LogP contribution < -0.4 is 5.32 Å². The molecule has 0 aromatic heterocycles. The van der Waals surface area contributed by atoms with Crippen molar-refractivity contribution in [1.29, 1.82) is 0 Å². The second-order valence-electron chi connectivity index (χ2n) is 5.98. The van der Waals surface area contributed by atoms with E-state index in [0.29, 0.717) is 5.92 Å². The van der Waals surface area contributed by atoms with Crippen LogP contribution in [0, 0.1) is 0 Å². The first kappa shape index (κ1) is 14.5. The van der Waals surface area contributed by atoms with Crippen LogP contribution in [0.3, 0.4) is 0 Å². The molecule has 0 saturated carbocycles. The van der Waals surface area contributed by atoms with E-state index in [-0.39, 0.29) is 0 Å². The lowest BCUT2D eigenvalue weighted by molar-refractivity contribution is 0.229. The molecule has 2 rings (SSSR count). The fraction of sp³-hybridized carbons (Fsp3) is 0.647. The van der Waals surface area contributed by atoms with Crippen molar-refractivity contribution in [3.63, 3.8) is 0 Å². The molecule has 0 bridgehead atoms. The summed E-state index contributed by atoms with van der Waals surface area (Å²) in [6.07, 6.45) is 4.19. The van der Waals surface area contributed by atoms with Crippen molar-refractivity contribution in [3.8, 4) is 0 Å². The van der Waals surface area contributed by atoms with Crippen molar-refractivity contribution in [1.82, 2.24) is 10.2 Å². The summed E-state index contributed by atoms with van der Waals surface area (Å²) >= 11 is 0. The Morgan fingerprint density at radius 2 is 1.74 bits per heavy atom. The van der Waals surface area contributed by atoms with Gasteiger partial charge in [-0.3, -0.25) is 0 Å². The summed E-state index contributed by atoms with van der Waals surface area (Å²) in [7, 11) is 0. The third-order valence-corrected chi connectivity index (χ3v) is 4.03. The van der Waals surface area contributed by atoms with Crippen molar-refractivity contribution in [2.75, 3.05) is 26.2 Å². The third-order valence-electron chi connectivity index (χ3n) is 4.03. The Kier molecular flexibility index (Phi) is 5.87. The quantitative estimate of drug-likeness (QED) is 0.789. The second-order valence-corrected chi connectivity index (χ2v) is 5.98. The van der Waals surface area contributed by atoms with Gasteiger partial charge in [0.1, 0.15) is 0 Å². The van der Waals surface area contributed by atoms with Gasteiger partial charge in [0.05, 0.1) is 0 Å². The standard InChI is InChI=1S/C17H28N2/c1-15(2)17-8-6-16(7-9-17)14-18-10-13-19-11-4-3-5-12-19/h6-9,15,18H,3-5,10-14H2,1-2H3. The van der Waals surface area contributed by atoms with Crippen LogP contribution in [0.25, 0.3) is 0 Å². The summed E-state index contributed by atoms with van der Waals surface area (Å²) < 4.78 is 0. The van der Waals surface area contributed by atoms with Crippen LogP contribution in [-0.2, 0) is 6.54 Å². The maximum absolute atomic E-state index is 3.56. The van der Waals surface area contributed by atoms with Crippen LogP contribution in [0.1, 0.15) is 50.2 Å². The molecule has 0 aliphatic carbocycles. The van der Waals surface area contributed by atoms with Gasteiger partial charge >= 0.3 is 0 Å². The van der Waals surface area contributed by atoms with E-state index >= 15 is 0 Å². The Bertz CT molecular complexity index is 350. The van der Waals surface area contributed by atoms with Crippen molar-refractivity contribution >= 4 is 0 Å². The number of nitrogens with one attached hydrogen (secondary N) is 1. The van der Waals surface area contributed by atoms with E-state index in [4.69, 9.17) is 0 Å². The number of likely N-dealkylation sites (tertiary alicyclic amines) is 1. The predicted octanol–water partition coefficient (Wildman–Crippen LogP) is 3.39. The van der Waals surface area contributed by atoms with Crippen molar-refractivity contribution in [3.05, 3.63) is 35.4 Å². The van der Waals surface area contributed by atoms with Crippen LogP contribution in [0.5, 0.6) is 0 Å². The summed E-state index contributed by atoms with van der Waals surface area (Å²) in [4.78, 5) is 2.58. The normalized spacial score (nSPS) is 17.0. The highest BCUT2D eigenvalue weighted by atomic mass is 15.1. The van der Waals surface area contributed by atoms with Crippen LogP contribution in [0.15, 0.2) is 24.3 Å². The minimum absolute atomic E-state index is 0.626. The molecule has 1 N–H and O–H groups in total. The van der Waals surface area contributed by atoms with Crippen molar-refractivity contribution in [2.24, 2.45) is 0 Å². The molecule has 1 aliphatic heterocycles. The van der Waals surface area contributed by atoms with E-state index in [9.17, 15) is 0 Å². The van der Waals surface area contributed by atoms with E-state index in [1.165, 1.54) is 50.0 Å². The number of rotatable bonds is 6.